The minimum absolute atomic E-state index is 0.114. The molecule has 3 nitrogen and oxygen atoms in total. The fourth-order valence-electron chi connectivity index (χ4n) is 3.15. The summed E-state index contributed by atoms with van der Waals surface area (Å²) >= 11 is 6.19. The van der Waals surface area contributed by atoms with Gasteiger partial charge < -0.3 is 10.6 Å². The molecule has 0 unspecified atom stereocenters. The van der Waals surface area contributed by atoms with E-state index in [-0.39, 0.29) is 11.7 Å². The fourth-order valence-corrected chi connectivity index (χ4v) is 3.46. The van der Waals surface area contributed by atoms with Crippen LogP contribution >= 0.6 is 11.6 Å². The Balaban J connectivity index is 1.92. The summed E-state index contributed by atoms with van der Waals surface area (Å²) < 4.78 is 13.3. The Morgan fingerprint density at radius 2 is 1.68 bits per heavy atom. The topological polar surface area (TPSA) is 46.3 Å². The van der Waals surface area contributed by atoms with Gasteiger partial charge in [0.15, 0.2) is 0 Å². The molecule has 1 amide bonds. The van der Waals surface area contributed by atoms with Crippen LogP contribution in [0.3, 0.4) is 0 Å². The quantitative estimate of drug-likeness (QED) is 0.630. The zero-order valence-corrected chi connectivity index (χ0v) is 16.4. The molecular weight excluding hydrogens is 375 g/mol. The molecule has 0 spiro atoms. The van der Waals surface area contributed by atoms with Gasteiger partial charge in [-0.05, 0) is 65.6 Å². The van der Waals surface area contributed by atoms with Crippen LogP contribution in [0.4, 0.5) is 4.39 Å². The van der Waals surface area contributed by atoms with Crippen LogP contribution in [0, 0.1) is 12.7 Å². The van der Waals surface area contributed by atoms with E-state index in [0.717, 1.165) is 22.3 Å². The van der Waals surface area contributed by atoms with Crippen LogP contribution in [0.2, 0.25) is 5.02 Å². The molecule has 0 aliphatic carbocycles. The van der Waals surface area contributed by atoms with E-state index < -0.39 is 0 Å². The van der Waals surface area contributed by atoms with Crippen LogP contribution < -0.4 is 5.73 Å². The molecule has 0 atom stereocenters. The minimum Gasteiger partial charge on any atom is -0.330 e. The number of nitrogens with zero attached hydrogens (tertiary/aromatic N) is 1. The Bertz CT molecular complexity index is 952. The van der Waals surface area contributed by atoms with Crippen molar-refractivity contribution in [2.45, 2.75) is 26.6 Å². The van der Waals surface area contributed by atoms with Crippen molar-refractivity contribution in [1.29, 1.82) is 0 Å². The molecule has 0 aromatic heterocycles. The highest BCUT2D eigenvalue weighted by atomic mass is 35.5. The predicted molar refractivity (Wildman–Crippen MR) is 110 cm³/mol. The molecule has 0 fully saturated rings. The van der Waals surface area contributed by atoms with Gasteiger partial charge in [-0.1, -0.05) is 41.9 Å². The van der Waals surface area contributed by atoms with Gasteiger partial charge in [0.05, 0.1) is 0 Å². The molecule has 0 heterocycles. The Morgan fingerprint density at radius 1 is 0.964 bits per heavy atom. The first-order valence-electron chi connectivity index (χ1n) is 9.03. The van der Waals surface area contributed by atoms with Gasteiger partial charge in [0.25, 0.3) is 5.91 Å². The monoisotopic (exact) mass is 396 g/mol. The summed E-state index contributed by atoms with van der Waals surface area (Å²) in [6, 6.07) is 19.2. The van der Waals surface area contributed by atoms with E-state index in [0.29, 0.717) is 30.2 Å². The second-order valence-corrected chi connectivity index (χ2v) is 7.27. The van der Waals surface area contributed by atoms with Crippen LogP contribution in [0.15, 0.2) is 66.7 Å². The van der Waals surface area contributed by atoms with Crippen molar-refractivity contribution in [3.8, 4) is 0 Å². The molecule has 0 aliphatic heterocycles. The molecule has 3 aromatic carbocycles. The van der Waals surface area contributed by atoms with Crippen molar-refractivity contribution >= 4 is 17.5 Å². The maximum atomic E-state index is 13.3. The molecule has 0 aliphatic rings. The lowest BCUT2D eigenvalue weighted by atomic mass is 10.1. The number of amides is 1. The van der Waals surface area contributed by atoms with Gasteiger partial charge in [0.1, 0.15) is 5.82 Å². The molecule has 0 saturated carbocycles. The molecule has 28 heavy (non-hydrogen) atoms. The summed E-state index contributed by atoms with van der Waals surface area (Å²) in [6.07, 6.45) is 0. The molecule has 0 bridgehead atoms. The first-order chi connectivity index (χ1) is 13.4. The number of carbonyl (C=O) groups is 1. The van der Waals surface area contributed by atoms with Gasteiger partial charge in [0, 0.05) is 30.2 Å². The van der Waals surface area contributed by atoms with Gasteiger partial charge in [-0.2, -0.15) is 0 Å². The number of aryl methyl sites for hydroxylation is 1. The van der Waals surface area contributed by atoms with Gasteiger partial charge in [0.2, 0.25) is 0 Å². The molecule has 0 saturated heterocycles. The van der Waals surface area contributed by atoms with E-state index in [9.17, 15) is 9.18 Å². The van der Waals surface area contributed by atoms with Crippen molar-refractivity contribution in [3.63, 3.8) is 0 Å². The Kier molecular flexibility index (Phi) is 6.45. The maximum Gasteiger partial charge on any atom is 0.254 e. The first-order valence-corrected chi connectivity index (χ1v) is 9.41. The molecule has 0 radical (unpaired) electrons. The molecule has 3 rings (SSSR count). The third-order valence-electron chi connectivity index (χ3n) is 4.46. The first kappa shape index (κ1) is 20.1. The standard InChI is InChI=1S/C23H22ClFN2O/c1-16-9-19(12-21(24)10-16)15-27(14-17-5-7-22(25)8-6-17)23(28)20-4-2-3-18(11-20)13-26/h2-12H,13-15,26H2,1H3. The lowest BCUT2D eigenvalue weighted by molar-refractivity contribution is 0.0730. The van der Waals surface area contributed by atoms with Crippen LogP contribution in [0.25, 0.3) is 0 Å². The molecule has 5 heteroatoms. The lowest BCUT2D eigenvalue weighted by Crippen LogP contribution is -2.30. The summed E-state index contributed by atoms with van der Waals surface area (Å²) in [7, 11) is 0. The maximum absolute atomic E-state index is 13.3. The second kappa shape index (κ2) is 9.00. The Hall–Kier alpha value is -2.69. The average molecular weight is 397 g/mol. The number of hydrogen-bond donors (Lipinski definition) is 1. The summed E-state index contributed by atoms with van der Waals surface area (Å²) in [4.78, 5) is 15.0. The largest absolute Gasteiger partial charge is 0.330 e. The summed E-state index contributed by atoms with van der Waals surface area (Å²) in [6.45, 7) is 3.08. The highest BCUT2D eigenvalue weighted by Gasteiger charge is 2.17. The zero-order chi connectivity index (χ0) is 20.1. The third kappa shape index (κ3) is 5.18. The smallest absolute Gasteiger partial charge is 0.254 e. The predicted octanol–water partition coefficient (Wildman–Crippen LogP) is 5.09. The van der Waals surface area contributed by atoms with E-state index in [4.69, 9.17) is 17.3 Å². The molecule has 2 N–H and O–H groups in total. The summed E-state index contributed by atoms with van der Waals surface area (Å²) in [5.74, 6) is -0.417. The summed E-state index contributed by atoms with van der Waals surface area (Å²) in [5.41, 5.74) is 10.0. The van der Waals surface area contributed by atoms with Crippen LogP contribution in [0.5, 0.6) is 0 Å². The number of carbonyl (C=O) groups excluding carboxylic acids is 1. The third-order valence-corrected chi connectivity index (χ3v) is 4.68. The minimum atomic E-state index is -0.303. The highest BCUT2D eigenvalue weighted by Crippen LogP contribution is 2.19. The van der Waals surface area contributed by atoms with Crippen LogP contribution in [0.1, 0.15) is 32.6 Å². The normalized spacial score (nSPS) is 10.7. The Labute approximate surface area is 169 Å². The van der Waals surface area contributed by atoms with E-state index in [1.165, 1.54) is 12.1 Å². The van der Waals surface area contributed by atoms with E-state index in [1.807, 2.05) is 43.3 Å². The average Bonchev–Trinajstić information content (AvgIpc) is 2.68. The number of rotatable bonds is 6. The number of benzene rings is 3. The van der Waals surface area contributed by atoms with Crippen molar-refractivity contribution in [3.05, 3.63) is 105 Å². The highest BCUT2D eigenvalue weighted by molar-refractivity contribution is 6.30. The second-order valence-electron chi connectivity index (χ2n) is 6.83. The van der Waals surface area contributed by atoms with Gasteiger partial charge in [-0.25, -0.2) is 4.39 Å². The van der Waals surface area contributed by atoms with Crippen LogP contribution in [-0.4, -0.2) is 10.8 Å². The molecule has 3 aromatic rings. The lowest BCUT2D eigenvalue weighted by Gasteiger charge is -2.24. The number of nitrogens with two attached hydrogens (primary N) is 1. The van der Waals surface area contributed by atoms with Crippen LogP contribution in [-0.2, 0) is 19.6 Å². The summed E-state index contributed by atoms with van der Waals surface area (Å²) in [5, 5.41) is 0.634. The van der Waals surface area contributed by atoms with Crippen molar-refractivity contribution in [1.82, 2.24) is 4.90 Å². The van der Waals surface area contributed by atoms with Gasteiger partial charge in [-0.3, -0.25) is 4.79 Å². The van der Waals surface area contributed by atoms with E-state index in [2.05, 4.69) is 0 Å². The Morgan fingerprint density at radius 3 is 2.36 bits per heavy atom. The zero-order valence-electron chi connectivity index (χ0n) is 15.7. The van der Waals surface area contributed by atoms with Crippen molar-refractivity contribution in [2.24, 2.45) is 5.73 Å². The fraction of sp³-hybridized carbons (Fsp3) is 0.174. The van der Waals surface area contributed by atoms with Crippen molar-refractivity contribution < 1.29 is 9.18 Å². The SMILES string of the molecule is Cc1cc(Cl)cc(CN(Cc2ccc(F)cc2)C(=O)c2cccc(CN)c2)c1. The van der Waals surface area contributed by atoms with Gasteiger partial charge >= 0.3 is 0 Å². The van der Waals surface area contributed by atoms with E-state index >= 15 is 0 Å². The molecular formula is C23H22ClFN2O. The van der Waals surface area contributed by atoms with Gasteiger partial charge in [-0.15, -0.1) is 0 Å². The number of halogens is 2. The molecule has 144 valence electrons. The van der Waals surface area contributed by atoms with E-state index in [1.54, 1.807) is 23.1 Å². The number of hydrogen-bond acceptors (Lipinski definition) is 2. The van der Waals surface area contributed by atoms with Crippen molar-refractivity contribution in [2.75, 3.05) is 0 Å².